The average molecular weight is 396 g/mol. The number of fused-ring (bicyclic) bond motifs is 1. The molecule has 0 radical (unpaired) electrons. The van der Waals surface area contributed by atoms with Gasteiger partial charge in [-0.25, -0.2) is 9.37 Å². The van der Waals surface area contributed by atoms with Crippen molar-refractivity contribution in [1.29, 1.82) is 0 Å². The fraction of sp³-hybridized carbons (Fsp3) is 0.350. The number of amides is 2. The van der Waals surface area contributed by atoms with E-state index in [0.29, 0.717) is 32.2 Å². The minimum absolute atomic E-state index is 0.00751. The molecule has 0 atom stereocenters. The molecule has 0 saturated heterocycles. The maximum absolute atomic E-state index is 13.2. The third kappa shape index (κ3) is 4.39. The van der Waals surface area contributed by atoms with E-state index in [1.165, 1.54) is 6.20 Å². The predicted molar refractivity (Wildman–Crippen MR) is 102 cm³/mol. The third-order valence-electron chi connectivity index (χ3n) is 5.24. The first-order chi connectivity index (χ1) is 14.1. The summed E-state index contributed by atoms with van der Waals surface area (Å²) in [5.41, 5.74) is 1.83. The topological polar surface area (TPSA) is 101 Å². The zero-order chi connectivity index (χ0) is 20.2. The Hall–Kier alpha value is -3.36. The molecule has 0 bridgehead atoms. The molecule has 1 aliphatic carbocycles. The lowest BCUT2D eigenvalue weighted by Gasteiger charge is -2.28. The maximum atomic E-state index is 13.2. The number of hydrogen-bond donors (Lipinski definition) is 2. The van der Waals surface area contributed by atoms with E-state index in [2.05, 4.69) is 25.6 Å². The van der Waals surface area contributed by atoms with Crippen LogP contribution >= 0.6 is 0 Å². The molecule has 4 rings (SSSR count). The van der Waals surface area contributed by atoms with E-state index in [1.807, 2.05) is 10.6 Å². The van der Waals surface area contributed by atoms with Crippen molar-refractivity contribution in [3.8, 4) is 0 Å². The SMILES string of the molecule is O=C(NC1CCC(C(=O)NCc2cnc3cnccn23)CC1)c1cncc(F)c1. The minimum Gasteiger partial charge on any atom is -0.350 e. The van der Waals surface area contributed by atoms with Crippen molar-refractivity contribution in [2.75, 3.05) is 0 Å². The number of carbonyl (C=O) groups is 2. The van der Waals surface area contributed by atoms with Gasteiger partial charge in [0, 0.05) is 30.6 Å². The molecule has 1 saturated carbocycles. The van der Waals surface area contributed by atoms with Crippen molar-refractivity contribution in [1.82, 2.24) is 30.0 Å². The largest absolute Gasteiger partial charge is 0.350 e. The number of nitrogens with zero attached hydrogens (tertiary/aromatic N) is 4. The van der Waals surface area contributed by atoms with Gasteiger partial charge in [-0.3, -0.25) is 24.0 Å². The Bertz CT molecular complexity index is 1030. The van der Waals surface area contributed by atoms with E-state index >= 15 is 0 Å². The lowest BCUT2D eigenvalue weighted by atomic mass is 9.85. The Morgan fingerprint density at radius 3 is 2.72 bits per heavy atom. The van der Waals surface area contributed by atoms with Crippen LogP contribution in [0.4, 0.5) is 4.39 Å². The molecular weight excluding hydrogens is 375 g/mol. The van der Waals surface area contributed by atoms with Crippen LogP contribution in [0.5, 0.6) is 0 Å². The third-order valence-corrected chi connectivity index (χ3v) is 5.24. The van der Waals surface area contributed by atoms with Gasteiger partial charge >= 0.3 is 0 Å². The van der Waals surface area contributed by atoms with Crippen LogP contribution in [0, 0.1) is 11.7 Å². The Morgan fingerprint density at radius 1 is 1.10 bits per heavy atom. The summed E-state index contributed by atoms with van der Waals surface area (Å²) in [5, 5.41) is 5.88. The molecule has 1 fully saturated rings. The van der Waals surface area contributed by atoms with E-state index < -0.39 is 5.82 Å². The van der Waals surface area contributed by atoms with Gasteiger partial charge in [-0.05, 0) is 31.7 Å². The quantitative estimate of drug-likeness (QED) is 0.686. The van der Waals surface area contributed by atoms with Crippen LogP contribution in [0.1, 0.15) is 41.7 Å². The first kappa shape index (κ1) is 19.0. The van der Waals surface area contributed by atoms with Crippen LogP contribution in [-0.4, -0.2) is 37.2 Å². The Morgan fingerprint density at radius 2 is 1.93 bits per heavy atom. The van der Waals surface area contributed by atoms with E-state index in [-0.39, 0.29) is 29.3 Å². The molecule has 0 spiro atoms. The van der Waals surface area contributed by atoms with Gasteiger partial charge in [0.05, 0.1) is 36.4 Å². The summed E-state index contributed by atoms with van der Waals surface area (Å²) in [4.78, 5) is 36.7. The van der Waals surface area contributed by atoms with Crippen molar-refractivity contribution in [3.63, 3.8) is 0 Å². The summed E-state index contributed by atoms with van der Waals surface area (Å²) >= 11 is 0. The number of aromatic nitrogens is 4. The zero-order valence-corrected chi connectivity index (χ0v) is 15.7. The standard InChI is InChI=1S/C20H21FN6O2/c21-15-7-14(8-23-9-15)20(29)26-16-3-1-13(2-4-16)19(28)25-11-17-10-24-18-12-22-5-6-27(17)18/h5-10,12-13,16H,1-4,11H2,(H,25,28)(H,26,29). The van der Waals surface area contributed by atoms with Crippen LogP contribution in [0.25, 0.3) is 5.65 Å². The van der Waals surface area contributed by atoms with Crippen molar-refractivity contribution < 1.29 is 14.0 Å². The molecule has 0 aromatic carbocycles. The number of imidazole rings is 1. The highest BCUT2D eigenvalue weighted by atomic mass is 19.1. The van der Waals surface area contributed by atoms with E-state index in [1.54, 1.807) is 18.6 Å². The van der Waals surface area contributed by atoms with Gasteiger partial charge < -0.3 is 10.6 Å². The monoisotopic (exact) mass is 396 g/mol. The van der Waals surface area contributed by atoms with Crippen LogP contribution in [-0.2, 0) is 11.3 Å². The molecule has 2 N–H and O–H groups in total. The number of nitrogens with one attached hydrogen (secondary N) is 2. The number of hydrogen-bond acceptors (Lipinski definition) is 5. The molecule has 29 heavy (non-hydrogen) atoms. The van der Waals surface area contributed by atoms with Gasteiger partial charge in [0.15, 0.2) is 5.65 Å². The second-order valence-corrected chi connectivity index (χ2v) is 7.19. The summed E-state index contributed by atoms with van der Waals surface area (Å²) in [6.45, 7) is 0.396. The normalized spacial score (nSPS) is 19.1. The highest BCUT2D eigenvalue weighted by Gasteiger charge is 2.27. The summed E-state index contributed by atoms with van der Waals surface area (Å²) < 4.78 is 15.1. The highest BCUT2D eigenvalue weighted by molar-refractivity contribution is 5.94. The summed E-state index contributed by atoms with van der Waals surface area (Å²) in [6.07, 6.45) is 12.1. The van der Waals surface area contributed by atoms with Crippen LogP contribution in [0.3, 0.4) is 0 Å². The Kier molecular flexibility index (Phi) is 5.46. The van der Waals surface area contributed by atoms with Gasteiger partial charge in [-0.1, -0.05) is 0 Å². The van der Waals surface area contributed by atoms with E-state index in [9.17, 15) is 14.0 Å². The number of pyridine rings is 1. The fourth-order valence-corrected chi connectivity index (χ4v) is 3.65. The summed E-state index contributed by atoms with van der Waals surface area (Å²) in [6, 6.07) is 1.14. The number of halogens is 1. The summed E-state index contributed by atoms with van der Waals surface area (Å²) in [7, 11) is 0. The van der Waals surface area contributed by atoms with E-state index in [0.717, 1.165) is 23.6 Å². The molecule has 3 heterocycles. The first-order valence-corrected chi connectivity index (χ1v) is 9.55. The second kappa shape index (κ2) is 8.34. The van der Waals surface area contributed by atoms with Crippen LogP contribution in [0.2, 0.25) is 0 Å². The molecule has 8 nitrogen and oxygen atoms in total. The van der Waals surface area contributed by atoms with Gasteiger partial charge in [-0.2, -0.15) is 0 Å². The molecule has 2 amide bonds. The Labute approximate surface area is 166 Å². The molecule has 3 aromatic rings. The predicted octanol–water partition coefficient (Wildman–Crippen LogP) is 1.87. The van der Waals surface area contributed by atoms with Gasteiger partial charge in [0.25, 0.3) is 5.91 Å². The smallest absolute Gasteiger partial charge is 0.253 e. The van der Waals surface area contributed by atoms with Crippen molar-refractivity contribution in [2.45, 2.75) is 38.3 Å². The highest BCUT2D eigenvalue weighted by Crippen LogP contribution is 2.25. The summed E-state index contributed by atoms with van der Waals surface area (Å²) in [5.74, 6) is -0.958. The first-order valence-electron chi connectivity index (χ1n) is 9.55. The van der Waals surface area contributed by atoms with Crippen molar-refractivity contribution >= 4 is 17.5 Å². The Balaban J connectivity index is 1.26. The lowest BCUT2D eigenvalue weighted by molar-refractivity contribution is -0.126. The van der Waals surface area contributed by atoms with Crippen molar-refractivity contribution in [2.24, 2.45) is 5.92 Å². The zero-order valence-electron chi connectivity index (χ0n) is 15.7. The van der Waals surface area contributed by atoms with Gasteiger partial charge in [0.1, 0.15) is 5.82 Å². The molecule has 3 aromatic heterocycles. The second-order valence-electron chi connectivity index (χ2n) is 7.19. The van der Waals surface area contributed by atoms with Crippen LogP contribution < -0.4 is 10.6 Å². The average Bonchev–Trinajstić information content (AvgIpc) is 3.16. The fourth-order valence-electron chi connectivity index (χ4n) is 3.65. The van der Waals surface area contributed by atoms with Gasteiger partial charge in [-0.15, -0.1) is 0 Å². The maximum Gasteiger partial charge on any atom is 0.253 e. The number of rotatable bonds is 5. The van der Waals surface area contributed by atoms with E-state index in [4.69, 9.17) is 0 Å². The molecule has 9 heteroatoms. The molecule has 0 unspecified atom stereocenters. The number of carbonyl (C=O) groups excluding carboxylic acids is 2. The minimum atomic E-state index is -0.541. The van der Waals surface area contributed by atoms with Gasteiger partial charge in [0.2, 0.25) is 5.91 Å². The van der Waals surface area contributed by atoms with Crippen molar-refractivity contribution in [3.05, 3.63) is 60.3 Å². The molecule has 150 valence electrons. The molecule has 1 aliphatic rings. The molecular formula is C20H21FN6O2. The lowest BCUT2D eigenvalue weighted by Crippen LogP contribution is -2.40. The molecule has 0 aliphatic heterocycles. The van der Waals surface area contributed by atoms with Crippen LogP contribution in [0.15, 0.2) is 43.2 Å².